The highest BCUT2D eigenvalue weighted by Crippen LogP contribution is 2.32. The number of ether oxygens (including phenoxy) is 3. The summed E-state index contributed by atoms with van der Waals surface area (Å²) in [6, 6.07) is 2.42. The zero-order valence-electron chi connectivity index (χ0n) is 8.82. The molecule has 1 aromatic rings. The Morgan fingerprint density at radius 3 is 2.62 bits per heavy atom. The summed E-state index contributed by atoms with van der Waals surface area (Å²) < 4.78 is 28.0. The molecular formula is C10H11FO5. The lowest BCUT2D eigenvalue weighted by Crippen LogP contribution is -2.07. The molecular weight excluding hydrogens is 219 g/mol. The van der Waals surface area contributed by atoms with E-state index in [-0.39, 0.29) is 18.3 Å². The maximum Gasteiger partial charge on any atom is 0.338 e. The molecule has 88 valence electrons. The van der Waals surface area contributed by atoms with Crippen LogP contribution in [0.25, 0.3) is 0 Å². The Morgan fingerprint density at radius 2 is 2.12 bits per heavy atom. The van der Waals surface area contributed by atoms with Crippen LogP contribution in [-0.4, -0.2) is 32.1 Å². The van der Waals surface area contributed by atoms with Gasteiger partial charge in [0.15, 0.2) is 18.4 Å². The highest BCUT2D eigenvalue weighted by molar-refractivity contribution is 5.88. The van der Waals surface area contributed by atoms with Gasteiger partial charge in [0.1, 0.15) is 0 Å². The van der Waals surface area contributed by atoms with E-state index in [1.165, 1.54) is 20.3 Å². The van der Waals surface area contributed by atoms with E-state index in [1.807, 2.05) is 0 Å². The summed E-state index contributed by atoms with van der Waals surface area (Å²) in [5.74, 6) is -2.52. The normalized spacial score (nSPS) is 9.94. The maximum absolute atomic E-state index is 13.7. The van der Waals surface area contributed by atoms with Crippen LogP contribution in [0.15, 0.2) is 12.1 Å². The van der Waals surface area contributed by atoms with Crippen LogP contribution >= 0.6 is 0 Å². The van der Waals surface area contributed by atoms with Gasteiger partial charge in [-0.05, 0) is 12.1 Å². The third-order valence-electron chi connectivity index (χ3n) is 1.83. The molecule has 0 spiro atoms. The average Bonchev–Trinajstić information content (AvgIpc) is 2.26. The summed E-state index contributed by atoms with van der Waals surface area (Å²) in [5.41, 5.74) is -0.480. The summed E-state index contributed by atoms with van der Waals surface area (Å²) in [6.45, 7) is -0.198. The third kappa shape index (κ3) is 2.40. The van der Waals surface area contributed by atoms with Crippen molar-refractivity contribution in [1.82, 2.24) is 0 Å². The van der Waals surface area contributed by atoms with Gasteiger partial charge in [0.2, 0.25) is 5.75 Å². The first kappa shape index (κ1) is 12.3. The number of halogens is 1. The third-order valence-corrected chi connectivity index (χ3v) is 1.83. The molecule has 0 atom stereocenters. The monoisotopic (exact) mass is 230 g/mol. The number of carboxylic acids is 1. The van der Waals surface area contributed by atoms with Crippen molar-refractivity contribution in [2.45, 2.75) is 0 Å². The van der Waals surface area contributed by atoms with Gasteiger partial charge < -0.3 is 19.3 Å². The summed E-state index contributed by atoms with van der Waals surface area (Å²) in [7, 11) is 2.69. The molecule has 5 nitrogen and oxygen atoms in total. The highest BCUT2D eigenvalue weighted by atomic mass is 19.1. The fourth-order valence-corrected chi connectivity index (χ4v) is 1.12. The summed E-state index contributed by atoms with van der Waals surface area (Å²) in [5, 5.41) is 8.71. The number of carboxylic acid groups (broad SMARTS) is 1. The number of hydrogen-bond donors (Lipinski definition) is 1. The first-order valence-electron chi connectivity index (χ1n) is 4.33. The van der Waals surface area contributed by atoms with Gasteiger partial charge in [-0.2, -0.15) is 0 Å². The van der Waals surface area contributed by atoms with Crippen molar-refractivity contribution in [3.05, 3.63) is 23.5 Å². The Morgan fingerprint density at radius 1 is 1.44 bits per heavy atom. The Bertz CT molecular complexity index is 391. The number of carbonyl (C=O) groups is 1. The van der Waals surface area contributed by atoms with Crippen LogP contribution in [0.5, 0.6) is 11.5 Å². The summed E-state index contributed by atoms with van der Waals surface area (Å²) in [4.78, 5) is 10.7. The quantitative estimate of drug-likeness (QED) is 0.777. The van der Waals surface area contributed by atoms with Gasteiger partial charge in [0.05, 0.1) is 12.7 Å². The number of benzene rings is 1. The van der Waals surface area contributed by atoms with E-state index < -0.39 is 17.3 Å². The molecule has 6 heteroatoms. The second-order valence-corrected chi connectivity index (χ2v) is 2.81. The molecule has 0 unspecified atom stereocenters. The van der Waals surface area contributed by atoms with Gasteiger partial charge in [-0.1, -0.05) is 0 Å². The van der Waals surface area contributed by atoms with E-state index in [1.54, 1.807) is 0 Å². The van der Waals surface area contributed by atoms with Crippen LogP contribution in [0.3, 0.4) is 0 Å². The lowest BCUT2D eigenvalue weighted by atomic mass is 10.2. The van der Waals surface area contributed by atoms with E-state index in [9.17, 15) is 9.18 Å². The van der Waals surface area contributed by atoms with Gasteiger partial charge in [-0.15, -0.1) is 0 Å². The summed E-state index contributed by atoms with van der Waals surface area (Å²) in [6.07, 6.45) is 0. The molecule has 0 amide bonds. The molecule has 0 aliphatic rings. The number of aromatic carboxylic acids is 1. The van der Waals surface area contributed by atoms with E-state index in [0.717, 1.165) is 6.07 Å². The Balaban J connectivity index is 3.17. The van der Waals surface area contributed by atoms with Crippen LogP contribution in [0.1, 0.15) is 10.4 Å². The molecule has 0 radical (unpaired) electrons. The zero-order valence-corrected chi connectivity index (χ0v) is 8.82. The van der Waals surface area contributed by atoms with Crippen LogP contribution in [0.4, 0.5) is 4.39 Å². The summed E-state index contributed by atoms with van der Waals surface area (Å²) >= 11 is 0. The minimum absolute atomic E-state index is 0.111. The molecule has 0 aliphatic carbocycles. The smallest absolute Gasteiger partial charge is 0.338 e. The van der Waals surface area contributed by atoms with Gasteiger partial charge in [-0.25, -0.2) is 9.18 Å². The SMILES string of the molecule is COCOc1c(OC)ccc(C(=O)O)c1F. The van der Waals surface area contributed by atoms with Crippen LogP contribution in [0.2, 0.25) is 0 Å². The van der Waals surface area contributed by atoms with Crippen molar-refractivity contribution < 1.29 is 28.5 Å². The molecule has 1 aromatic carbocycles. The molecule has 0 heterocycles. The van der Waals surface area contributed by atoms with Crippen molar-refractivity contribution in [1.29, 1.82) is 0 Å². The fraction of sp³-hybridized carbons (Fsp3) is 0.300. The minimum atomic E-state index is -1.37. The first-order chi connectivity index (χ1) is 7.61. The average molecular weight is 230 g/mol. The standard InChI is InChI=1S/C10H11FO5/c1-14-5-16-9-7(15-2)4-3-6(8(9)11)10(12)13/h3-4H,5H2,1-2H3,(H,12,13). The Kier molecular flexibility index (Phi) is 4.07. The number of methoxy groups -OCH3 is 2. The topological polar surface area (TPSA) is 65.0 Å². The first-order valence-corrected chi connectivity index (χ1v) is 4.33. The van der Waals surface area contributed by atoms with Gasteiger partial charge >= 0.3 is 5.97 Å². The van der Waals surface area contributed by atoms with Crippen LogP contribution in [-0.2, 0) is 4.74 Å². The molecule has 0 aromatic heterocycles. The van der Waals surface area contributed by atoms with Crippen molar-refractivity contribution in [2.75, 3.05) is 21.0 Å². The Labute approximate surface area is 91.4 Å². The maximum atomic E-state index is 13.7. The van der Waals surface area contributed by atoms with Crippen molar-refractivity contribution >= 4 is 5.97 Å². The largest absolute Gasteiger partial charge is 0.493 e. The van der Waals surface area contributed by atoms with Crippen LogP contribution in [0, 0.1) is 5.82 Å². The molecule has 1 N–H and O–H groups in total. The van der Waals surface area contributed by atoms with Gasteiger partial charge in [0, 0.05) is 7.11 Å². The van der Waals surface area contributed by atoms with Gasteiger partial charge in [-0.3, -0.25) is 0 Å². The van der Waals surface area contributed by atoms with Crippen LogP contribution < -0.4 is 9.47 Å². The minimum Gasteiger partial charge on any atom is -0.493 e. The molecule has 0 saturated heterocycles. The lowest BCUT2D eigenvalue weighted by Gasteiger charge is -2.11. The lowest BCUT2D eigenvalue weighted by molar-refractivity contribution is 0.0455. The molecule has 0 saturated carbocycles. The van der Waals surface area contributed by atoms with Crippen molar-refractivity contribution in [3.63, 3.8) is 0 Å². The molecule has 0 aliphatic heterocycles. The predicted octanol–water partition coefficient (Wildman–Crippen LogP) is 1.52. The number of rotatable bonds is 5. The van der Waals surface area contributed by atoms with Crippen molar-refractivity contribution in [2.24, 2.45) is 0 Å². The molecule has 0 bridgehead atoms. The number of hydrogen-bond acceptors (Lipinski definition) is 4. The van der Waals surface area contributed by atoms with E-state index in [0.29, 0.717) is 0 Å². The second-order valence-electron chi connectivity index (χ2n) is 2.81. The highest BCUT2D eigenvalue weighted by Gasteiger charge is 2.19. The Hall–Kier alpha value is -1.82. The molecule has 1 rings (SSSR count). The molecule has 16 heavy (non-hydrogen) atoms. The predicted molar refractivity (Wildman–Crippen MR) is 52.4 cm³/mol. The van der Waals surface area contributed by atoms with E-state index in [2.05, 4.69) is 4.74 Å². The van der Waals surface area contributed by atoms with E-state index in [4.69, 9.17) is 14.6 Å². The van der Waals surface area contributed by atoms with E-state index >= 15 is 0 Å². The zero-order chi connectivity index (χ0) is 12.1. The fourth-order valence-electron chi connectivity index (χ4n) is 1.12. The van der Waals surface area contributed by atoms with Crippen molar-refractivity contribution in [3.8, 4) is 11.5 Å². The second kappa shape index (κ2) is 5.32. The van der Waals surface area contributed by atoms with Gasteiger partial charge in [0.25, 0.3) is 0 Å². The molecule has 0 fully saturated rings.